The molecule has 0 aliphatic carbocycles. The van der Waals surface area contributed by atoms with Crippen LogP contribution in [0, 0.1) is 13.8 Å². The predicted octanol–water partition coefficient (Wildman–Crippen LogP) is 3.72. The fourth-order valence-electron chi connectivity index (χ4n) is 2.46. The highest BCUT2D eigenvalue weighted by atomic mass is 32.1. The van der Waals surface area contributed by atoms with Gasteiger partial charge in [-0.25, -0.2) is 14.4 Å². The zero-order valence-corrected chi connectivity index (χ0v) is 17.2. The van der Waals surface area contributed by atoms with Crippen molar-refractivity contribution in [3.63, 3.8) is 0 Å². The highest BCUT2D eigenvalue weighted by molar-refractivity contribution is 7.18. The molecule has 2 aromatic heterocycles. The Morgan fingerprint density at radius 3 is 2.15 bits per heavy atom. The largest absolute Gasteiger partial charge is 0.462 e. The number of nitrogen functional groups attached to an aromatic ring is 1. The maximum atomic E-state index is 12.4. The van der Waals surface area contributed by atoms with Gasteiger partial charge in [0.25, 0.3) is 0 Å². The highest BCUT2D eigenvalue weighted by Gasteiger charge is 2.29. The number of anilines is 1. The van der Waals surface area contributed by atoms with E-state index in [9.17, 15) is 14.4 Å². The van der Waals surface area contributed by atoms with E-state index in [-0.39, 0.29) is 40.8 Å². The first-order valence-electron chi connectivity index (χ1n) is 8.29. The standard InChI is InChI=1S/C18H21NO6S2/c1-5-23-17(21)13-12(14(27-15(13)19)18(22)24-6-2)8-25-16(20)11-7-9(3)26-10(11)4/h7H,5-6,8,19H2,1-4H3. The van der Waals surface area contributed by atoms with Gasteiger partial charge in [0.05, 0.1) is 18.8 Å². The minimum absolute atomic E-state index is 0.0379. The van der Waals surface area contributed by atoms with Crippen molar-refractivity contribution in [3.8, 4) is 0 Å². The predicted molar refractivity (Wildman–Crippen MR) is 104 cm³/mol. The van der Waals surface area contributed by atoms with Gasteiger partial charge in [0.1, 0.15) is 22.0 Å². The number of aryl methyl sites for hydroxylation is 2. The molecule has 2 N–H and O–H groups in total. The highest BCUT2D eigenvalue weighted by Crippen LogP contribution is 2.33. The molecule has 0 unspecified atom stereocenters. The molecule has 0 aromatic carbocycles. The molecule has 9 heteroatoms. The number of rotatable bonds is 7. The molecular weight excluding hydrogens is 390 g/mol. The molecule has 0 bridgehead atoms. The lowest BCUT2D eigenvalue weighted by molar-refractivity contribution is 0.0437. The maximum Gasteiger partial charge on any atom is 0.348 e. The summed E-state index contributed by atoms with van der Waals surface area (Å²) in [6.07, 6.45) is 0. The van der Waals surface area contributed by atoms with Crippen molar-refractivity contribution in [2.45, 2.75) is 34.3 Å². The number of hydrogen-bond donors (Lipinski definition) is 1. The number of carbonyl (C=O) groups is 3. The molecule has 2 heterocycles. The van der Waals surface area contributed by atoms with E-state index in [4.69, 9.17) is 19.9 Å². The summed E-state index contributed by atoms with van der Waals surface area (Å²) in [6, 6.07) is 1.74. The Hall–Kier alpha value is -2.39. The molecule has 0 atom stereocenters. The monoisotopic (exact) mass is 411 g/mol. The lowest BCUT2D eigenvalue weighted by atomic mass is 10.1. The van der Waals surface area contributed by atoms with E-state index in [1.54, 1.807) is 19.9 Å². The SMILES string of the molecule is CCOC(=O)c1sc(N)c(C(=O)OCC)c1COC(=O)c1cc(C)sc1C. The molecule has 0 fully saturated rings. The van der Waals surface area contributed by atoms with Gasteiger partial charge in [-0.15, -0.1) is 22.7 Å². The second kappa shape index (κ2) is 9.01. The molecule has 0 radical (unpaired) electrons. The molecule has 7 nitrogen and oxygen atoms in total. The quantitative estimate of drug-likeness (QED) is 0.547. The van der Waals surface area contributed by atoms with Crippen molar-refractivity contribution in [1.29, 1.82) is 0 Å². The zero-order valence-electron chi connectivity index (χ0n) is 15.5. The summed E-state index contributed by atoms with van der Waals surface area (Å²) in [5, 5.41) is 0.116. The number of thiophene rings is 2. The van der Waals surface area contributed by atoms with Crippen molar-refractivity contribution in [2.24, 2.45) is 0 Å². The summed E-state index contributed by atoms with van der Waals surface area (Å²) in [4.78, 5) is 38.8. The smallest absolute Gasteiger partial charge is 0.348 e. The third-order valence-electron chi connectivity index (χ3n) is 3.58. The first kappa shape index (κ1) is 20.9. The molecule has 146 valence electrons. The molecule has 2 rings (SSSR count). The van der Waals surface area contributed by atoms with E-state index in [0.29, 0.717) is 5.56 Å². The summed E-state index contributed by atoms with van der Waals surface area (Å²) >= 11 is 2.40. The van der Waals surface area contributed by atoms with Gasteiger partial charge < -0.3 is 19.9 Å². The molecule has 0 saturated heterocycles. The molecule has 0 spiro atoms. The Labute approximate surface area is 165 Å². The first-order chi connectivity index (χ1) is 12.8. The topological polar surface area (TPSA) is 105 Å². The summed E-state index contributed by atoms with van der Waals surface area (Å²) in [6.45, 7) is 7.07. The molecule has 2 aromatic rings. The van der Waals surface area contributed by atoms with E-state index < -0.39 is 17.9 Å². The van der Waals surface area contributed by atoms with E-state index in [0.717, 1.165) is 21.1 Å². The molecule has 0 aliphatic rings. The van der Waals surface area contributed by atoms with Crippen LogP contribution in [0.1, 0.15) is 59.6 Å². The minimum atomic E-state index is -0.671. The van der Waals surface area contributed by atoms with Gasteiger partial charge in [0, 0.05) is 15.3 Å². The van der Waals surface area contributed by atoms with Crippen LogP contribution >= 0.6 is 22.7 Å². The Morgan fingerprint density at radius 2 is 1.59 bits per heavy atom. The van der Waals surface area contributed by atoms with Gasteiger partial charge in [0.2, 0.25) is 0 Å². The molecular formula is C18H21NO6S2. The van der Waals surface area contributed by atoms with Crippen LogP contribution in [0.2, 0.25) is 0 Å². The van der Waals surface area contributed by atoms with E-state index in [1.807, 2.05) is 13.8 Å². The number of hydrogen-bond acceptors (Lipinski definition) is 9. The molecule has 0 amide bonds. The molecule has 0 saturated carbocycles. The molecule has 0 aliphatic heterocycles. The van der Waals surface area contributed by atoms with E-state index in [1.165, 1.54) is 11.3 Å². The average molecular weight is 412 g/mol. The number of ether oxygens (including phenoxy) is 3. The van der Waals surface area contributed by atoms with Crippen molar-refractivity contribution in [2.75, 3.05) is 18.9 Å². The third kappa shape index (κ3) is 4.67. The summed E-state index contributed by atoms with van der Waals surface area (Å²) in [5.41, 5.74) is 6.62. The lowest BCUT2D eigenvalue weighted by Crippen LogP contribution is -2.14. The second-order valence-electron chi connectivity index (χ2n) is 5.49. The van der Waals surface area contributed by atoms with Crippen LogP contribution in [0.5, 0.6) is 0 Å². The Kier molecular flexibility index (Phi) is 6.98. The zero-order chi connectivity index (χ0) is 20.1. The van der Waals surface area contributed by atoms with Gasteiger partial charge in [-0.05, 0) is 33.8 Å². The van der Waals surface area contributed by atoms with Crippen LogP contribution in [0.4, 0.5) is 5.00 Å². The summed E-state index contributed by atoms with van der Waals surface area (Å²) in [5.74, 6) is -1.83. The van der Waals surface area contributed by atoms with Gasteiger partial charge in [-0.3, -0.25) is 0 Å². The normalized spacial score (nSPS) is 10.5. The van der Waals surface area contributed by atoms with Crippen molar-refractivity contribution < 1.29 is 28.6 Å². The number of carbonyl (C=O) groups excluding carboxylic acids is 3. The number of nitrogens with two attached hydrogens (primary N) is 1. The fourth-order valence-corrected chi connectivity index (χ4v) is 4.33. The van der Waals surface area contributed by atoms with Crippen molar-refractivity contribution >= 4 is 45.6 Å². The van der Waals surface area contributed by atoms with Crippen LogP contribution < -0.4 is 5.73 Å². The van der Waals surface area contributed by atoms with Gasteiger partial charge >= 0.3 is 17.9 Å². The van der Waals surface area contributed by atoms with E-state index >= 15 is 0 Å². The maximum absolute atomic E-state index is 12.4. The first-order valence-corrected chi connectivity index (χ1v) is 9.92. The molecule has 27 heavy (non-hydrogen) atoms. The summed E-state index contributed by atoms with van der Waals surface area (Å²) < 4.78 is 15.4. The lowest BCUT2D eigenvalue weighted by Gasteiger charge is -2.09. The minimum Gasteiger partial charge on any atom is -0.462 e. The Bertz CT molecular complexity index is 868. The van der Waals surface area contributed by atoms with Crippen LogP contribution in [0.25, 0.3) is 0 Å². The third-order valence-corrected chi connectivity index (χ3v) is 5.59. The Balaban J connectivity index is 2.34. The summed E-state index contributed by atoms with van der Waals surface area (Å²) in [7, 11) is 0. The second-order valence-corrected chi connectivity index (χ2v) is 8.01. The van der Waals surface area contributed by atoms with Crippen LogP contribution in [-0.4, -0.2) is 31.1 Å². The van der Waals surface area contributed by atoms with E-state index in [2.05, 4.69) is 0 Å². The van der Waals surface area contributed by atoms with Crippen molar-refractivity contribution in [1.82, 2.24) is 0 Å². The van der Waals surface area contributed by atoms with Gasteiger partial charge in [-0.2, -0.15) is 0 Å². The van der Waals surface area contributed by atoms with Crippen LogP contribution in [-0.2, 0) is 20.8 Å². The van der Waals surface area contributed by atoms with Crippen molar-refractivity contribution in [3.05, 3.63) is 37.4 Å². The average Bonchev–Trinajstić information content (AvgIpc) is 3.11. The van der Waals surface area contributed by atoms with Crippen LogP contribution in [0.15, 0.2) is 6.07 Å². The van der Waals surface area contributed by atoms with Gasteiger partial charge in [0.15, 0.2) is 0 Å². The Morgan fingerprint density at radius 1 is 0.963 bits per heavy atom. The number of esters is 3. The fraction of sp³-hybridized carbons (Fsp3) is 0.389. The van der Waals surface area contributed by atoms with Crippen LogP contribution in [0.3, 0.4) is 0 Å². The van der Waals surface area contributed by atoms with Gasteiger partial charge in [-0.1, -0.05) is 0 Å².